The van der Waals surface area contributed by atoms with Crippen molar-refractivity contribution in [2.45, 2.75) is 42.2 Å². The molecule has 2 heterocycles. The highest BCUT2D eigenvalue weighted by molar-refractivity contribution is 7.91. The van der Waals surface area contributed by atoms with Gasteiger partial charge in [-0.1, -0.05) is 23.5 Å². The molecule has 1 saturated carbocycles. The monoisotopic (exact) mass is 435 g/mol. The van der Waals surface area contributed by atoms with Crippen LogP contribution in [0.4, 0.5) is 10.9 Å². The van der Waals surface area contributed by atoms with Gasteiger partial charge in [0.2, 0.25) is 10.3 Å². The number of nitrogens with one attached hydrogen (secondary N) is 1. The molecule has 0 unspecified atom stereocenters. The summed E-state index contributed by atoms with van der Waals surface area (Å²) in [6, 6.07) is 5.73. The van der Waals surface area contributed by atoms with Crippen molar-refractivity contribution in [1.82, 2.24) is 15.0 Å². The van der Waals surface area contributed by atoms with Gasteiger partial charge < -0.3 is 14.8 Å². The van der Waals surface area contributed by atoms with E-state index in [1.165, 1.54) is 6.20 Å². The molecule has 11 heteroatoms. The van der Waals surface area contributed by atoms with E-state index in [1.807, 2.05) is 18.2 Å². The van der Waals surface area contributed by atoms with Gasteiger partial charge in [0, 0.05) is 18.7 Å². The van der Waals surface area contributed by atoms with Crippen molar-refractivity contribution in [1.29, 1.82) is 0 Å². The average Bonchev–Trinajstić information content (AvgIpc) is 3.18. The van der Waals surface area contributed by atoms with E-state index in [9.17, 15) is 8.42 Å². The Morgan fingerprint density at radius 2 is 1.90 bits per heavy atom. The van der Waals surface area contributed by atoms with Gasteiger partial charge in [0.1, 0.15) is 16.3 Å². The van der Waals surface area contributed by atoms with Gasteiger partial charge in [-0.15, -0.1) is 0 Å². The molecule has 3 aromatic rings. The molecule has 4 rings (SSSR count). The van der Waals surface area contributed by atoms with Gasteiger partial charge in [0.25, 0.3) is 10.0 Å². The fourth-order valence-corrected chi connectivity index (χ4v) is 4.78. The Labute approximate surface area is 172 Å². The Hall–Kier alpha value is -2.34. The van der Waals surface area contributed by atoms with Crippen molar-refractivity contribution in [2.24, 2.45) is 5.14 Å². The SMILES string of the molecule is COC1CCC(Oc2cccc3cnc(Nc4cnc(S(N)(=O)=O)s4)nc23)CC1. The van der Waals surface area contributed by atoms with Crippen molar-refractivity contribution in [3.8, 4) is 5.75 Å². The van der Waals surface area contributed by atoms with Gasteiger partial charge in [0.05, 0.1) is 18.4 Å². The summed E-state index contributed by atoms with van der Waals surface area (Å²) in [6.45, 7) is 0. The minimum absolute atomic E-state index is 0.122. The first-order chi connectivity index (χ1) is 13.9. The van der Waals surface area contributed by atoms with Crippen LogP contribution < -0.4 is 15.2 Å². The molecule has 0 bridgehead atoms. The first-order valence-corrected chi connectivity index (χ1v) is 11.5. The van der Waals surface area contributed by atoms with Gasteiger partial charge in [-0.2, -0.15) is 0 Å². The van der Waals surface area contributed by atoms with Crippen LogP contribution in [0.25, 0.3) is 10.9 Å². The van der Waals surface area contributed by atoms with Crippen molar-refractivity contribution < 1.29 is 17.9 Å². The molecule has 0 radical (unpaired) electrons. The topological polar surface area (TPSA) is 129 Å². The number of nitrogens with zero attached hydrogens (tertiary/aromatic N) is 3. The molecule has 9 nitrogen and oxygen atoms in total. The van der Waals surface area contributed by atoms with Crippen molar-refractivity contribution >= 4 is 43.2 Å². The minimum Gasteiger partial charge on any atom is -0.488 e. The lowest BCUT2D eigenvalue weighted by atomic mass is 9.95. The minimum atomic E-state index is -3.84. The smallest absolute Gasteiger partial charge is 0.265 e. The van der Waals surface area contributed by atoms with E-state index >= 15 is 0 Å². The summed E-state index contributed by atoms with van der Waals surface area (Å²) in [6.07, 6.45) is 7.33. The average molecular weight is 436 g/mol. The molecule has 1 aromatic carbocycles. The molecule has 29 heavy (non-hydrogen) atoms. The van der Waals surface area contributed by atoms with Gasteiger partial charge in [0.15, 0.2) is 0 Å². The van der Waals surface area contributed by atoms with Crippen LogP contribution in [0.15, 0.2) is 34.9 Å². The summed E-state index contributed by atoms with van der Waals surface area (Å²) < 4.78 is 34.3. The number of anilines is 2. The first kappa shape index (κ1) is 20.0. The summed E-state index contributed by atoms with van der Waals surface area (Å²) >= 11 is 0.917. The second-order valence-corrected chi connectivity index (χ2v) is 9.57. The third-order valence-corrected chi connectivity index (χ3v) is 7.03. The molecule has 0 saturated heterocycles. The summed E-state index contributed by atoms with van der Waals surface area (Å²) in [4.78, 5) is 12.7. The van der Waals surface area contributed by atoms with Crippen LogP contribution in [0, 0.1) is 0 Å². The predicted octanol–water partition coefficient (Wildman–Crippen LogP) is 2.81. The van der Waals surface area contributed by atoms with Crippen LogP contribution >= 0.6 is 11.3 Å². The van der Waals surface area contributed by atoms with Gasteiger partial charge in [-0.3, -0.25) is 0 Å². The highest BCUT2D eigenvalue weighted by atomic mass is 32.2. The number of ether oxygens (including phenoxy) is 2. The fraction of sp³-hybridized carbons (Fsp3) is 0.389. The maximum absolute atomic E-state index is 11.4. The number of methoxy groups -OCH3 is 1. The molecule has 0 spiro atoms. The molecule has 0 aliphatic heterocycles. The van der Waals surface area contributed by atoms with Crippen molar-refractivity contribution in [3.05, 3.63) is 30.6 Å². The Kier molecular flexibility index (Phi) is 5.63. The molecule has 1 aliphatic carbocycles. The number of primary sulfonamides is 1. The summed E-state index contributed by atoms with van der Waals surface area (Å²) in [5.74, 6) is 1.02. The lowest BCUT2D eigenvalue weighted by Gasteiger charge is -2.28. The highest BCUT2D eigenvalue weighted by Gasteiger charge is 2.23. The summed E-state index contributed by atoms with van der Waals surface area (Å²) in [7, 11) is -2.09. The summed E-state index contributed by atoms with van der Waals surface area (Å²) in [5.41, 5.74) is 0.690. The lowest BCUT2D eigenvalue weighted by molar-refractivity contribution is 0.0331. The number of para-hydroxylation sites is 1. The first-order valence-electron chi connectivity index (χ1n) is 9.13. The molecule has 0 atom stereocenters. The van der Waals surface area contributed by atoms with E-state index in [2.05, 4.69) is 20.3 Å². The number of fused-ring (bicyclic) bond motifs is 1. The van der Waals surface area contributed by atoms with Gasteiger partial charge in [-0.25, -0.2) is 28.5 Å². The number of benzene rings is 1. The van der Waals surface area contributed by atoms with Gasteiger partial charge >= 0.3 is 0 Å². The maximum Gasteiger partial charge on any atom is 0.265 e. The Bertz CT molecular complexity index is 1110. The van der Waals surface area contributed by atoms with Crippen LogP contribution in [-0.4, -0.2) is 42.7 Å². The van der Waals surface area contributed by atoms with Crippen molar-refractivity contribution in [2.75, 3.05) is 12.4 Å². The van der Waals surface area contributed by atoms with Crippen LogP contribution in [-0.2, 0) is 14.8 Å². The summed E-state index contributed by atoms with van der Waals surface area (Å²) in [5, 5.41) is 9.41. The van der Waals surface area contributed by atoms with Crippen LogP contribution in [0.3, 0.4) is 0 Å². The molecule has 154 valence electrons. The number of hydrogen-bond acceptors (Lipinski definition) is 9. The number of sulfonamides is 1. The molecule has 2 aromatic heterocycles. The van der Waals surface area contributed by atoms with Crippen LogP contribution in [0.2, 0.25) is 0 Å². The zero-order valence-corrected chi connectivity index (χ0v) is 17.4. The molecular formula is C18H21N5O4S2. The van der Waals surface area contributed by atoms with E-state index in [-0.39, 0.29) is 10.4 Å². The number of thiazole rings is 1. The quantitative estimate of drug-likeness (QED) is 0.605. The number of hydrogen-bond donors (Lipinski definition) is 2. The molecule has 0 amide bonds. The van der Waals surface area contributed by atoms with E-state index in [0.717, 1.165) is 42.4 Å². The van der Waals surface area contributed by atoms with E-state index in [4.69, 9.17) is 14.6 Å². The van der Waals surface area contributed by atoms with Crippen LogP contribution in [0.1, 0.15) is 25.7 Å². The second kappa shape index (κ2) is 8.19. The number of nitrogens with two attached hydrogens (primary N) is 1. The largest absolute Gasteiger partial charge is 0.488 e. The zero-order valence-electron chi connectivity index (χ0n) is 15.7. The Morgan fingerprint density at radius 1 is 1.14 bits per heavy atom. The lowest BCUT2D eigenvalue weighted by Crippen LogP contribution is -2.27. The Balaban J connectivity index is 1.55. The molecule has 1 aliphatic rings. The number of rotatable bonds is 6. The zero-order chi connectivity index (χ0) is 20.4. The maximum atomic E-state index is 11.4. The van der Waals surface area contributed by atoms with Crippen LogP contribution in [0.5, 0.6) is 5.75 Å². The van der Waals surface area contributed by atoms with E-state index < -0.39 is 10.0 Å². The van der Waals surface area contributed by atoms with E-state index in [1.54, 1.807) is 13.3 Å². The fourth-order valence-electron chi connectivity index (χ4n) is 3.31. The predicted molar refractivity (Wildman–Crippen MR) is 110 cm³/mol. The number of aromatic nitrogens is 3. The van der Waals surface area contributed by atoms with Gasteiger partial charge in [-0.05, 0) is 31.7 Å². The third kappa shape index (κ3) is 4.64. The van der Waals surface area contributed by atoms with E-state index in [0.29, 0.717) is 28.3 Å². The normalized spacial score (nSPS) is 19.9. The third-order valence-electron chi connectivity index (χ3n) is 4.78. The molecular weight excluding hydrogens is 414 g/mol. The molecule has 3 N–H and O–H groups in total. The standard InChI is InChI=1S/C18H21N5O4S2/c1-26-12-5-7-13(8-6-12)27-14-4-2-3-11-9-20-17(23-16(11)14)22-15-10-21-18(28-15)29(19,24)25/h2-4,9-10,12-13H,5-8H2,1H3,(H2,19,24,25)(H,20,22,23). The highest BCUT2D eigenvalue weighted by Crippen LogP contribution is 2.30. The second-order valence-electron chi connectivity index (χ2n) is 6.80. The Morgan fingerprint density at radius 3 is 2.59 bits per heavy atom. The van der Waals surface area contributed by atoms with Crippen molar-refractivity contribution in [3.63, 3.8) is 0 Å². The molecule has 1 fully saturated rings.